The second kappa shape index (κ2) is 11.8. The van der Waals surface area contributed by atoms with Gasteiger partial charge in [0.2, 0.25) is 0 Å². The molecule has 0 radical (unpaired) electrons. The standard InChI is InChI=1S/C27H37FN6O4Si/c1-17-15-33(22(12-23(17)37-2)18-6-8-19(28)9-7-18)27(36)26(35)32-21-14-30-25(29)20-13-31-34(24(20)21)16-38-10-11-39(3,4)5/h6-9,13-14,17,22-23H,10-12,15-16H2,1-5H3,(H2,29,30)(H,32,35)/t17-,22-,23+/m0/s1. The van der Waals surface area contributed by atoms with E-state index in [1.165, 1.54) is 23.2 Å². The summed E-state index contributed by atoms with van der Waals surface area (Å²) in [5, 5.41) is 7.64. The molecule has 1 fully saturated rings. The van der Waals surface area contributed by atoms with Gasteiger partial charge in [-0.15, -0.1) is 0 Å². The van der Waals surface area contributed by atoms with Gasteiger partial charge in [-0.25, -0.2) is 14.1 Å². The molecule has 4 rings (SSSR count). The summed E-state index contributed by atoms with van der Waals surface area (Å²) >= 11 is 0. The molecule has 1 aliphatic rings. The first-order chi connectivity index (χ1) is 18.5. The van der Waals surface area contributed by atoms with Gasteiger partial charge in [-0.05, 0) is 30.2 Å². The van der Waals surface area contributed by atoms with Crippen molar-refractivity contribution in [3.63, 3.8) is 0 Å². The average molecular weight is 557 g/mol. The molecule has 2 amide bonds. The fourth-order valence-electron chi connectivity index (χ4n) is 4.84. The lowest BCUT2D eigenvalue weighted by Gasteiger charge is -2.42. The van der Waals surface area contributed by atoms with E-state index in [0.29, 0.717) is 36.2 Å². The highest BCUT2D eigenvalue weighted by Crippen LogP contribution is 2.35. The Hall–Kier alpha value is -3.35. The Morgan fingerprint density at radius 1 is 1.21 bits per heavy atom. The maximum atomic E-state index is 13.6. The van der Waals surface area contributed by atoms with Gasteiger partial charge in [0.1, 0.15) is 18.4 Å². The van der Waals surface area contributed by atoms with Crippen molar-refractivity contribution in [1.29, 1.82) is 0 Å². The number of carbonyl (C=O) groups is 2. The van der Waals surface area contributed by atoms with Crippen LogP contribution in [0.3, 0.4) is 0 Å². The Kier molecular flexibility index (Phi) is 8.67. The zero-order valence-corrected chi connectivity index (χ0v) is 24.1. The molecule has 39 heavy (non-hydrogen) atoms. The number of benzene rings is 1. The van der Waals surface area contributed by atoms with E-state index in [9.17, 15) is 14.0 Å². The molecule has 0 bridgehead atoms. The van der Waals surface area contributed by atoms with Crippen molar-refractivity contribution in [3.05, 3.63) is 48.0 Å². The number of anilines is 2. The monoisotopic (exact) mass is 556 g/mol. The van der Waals surface area contributed by atoms with E-state index < -0.39 is 25.9 Å². The molecular formula is C27H37FN6O4Si. The van der Waals surface area contributed by atoms with Crippen molar-refractivity contribution >= 4 is 42.3 Å². The van der Waals surface area contributed by atoms with E-state index in [0.717, 1.165) is 11.6 Å². The van der Waals surface area contributed by atoms with E-state index >= 15 is 0 Å². The number of nitrogen functional groups attached to an aromatic ring is 1. The third-order valence-electron chi connectivity index (χ3n) is 7.13. The van der Waals surface area contributed by atoms with Crippen LogP contribution in [-0.4, -0.2) is 65.9 Å². The summed E-state index contributed by atoms with van der Waals surface area (Å²) in [6, 6.07) is 6.52. The number of hydrogen-bond acceptors (Lipinski definition) is 7. The van der Waals surface area contributed by atoms with E-state index in [1.54, 1.807) is 30.1 Å². The number of nitrogens with zero attached hydrogens (tertiary/aromatic N) is 4. The number of amides is 2. The fraction of sp³-hybridized carbons (Fsp3) is 0.481. The molecular weight excluding hydrogens is 519 g/mol. The first-order valence-corrected chi connectivity index (χ1v) is 16.8. The summed E-state index contributed by atoms with van der Waals surface area (Å²) in [7, 11) is 0.370. The van der Waals surface area contributed by atoms with Crippen molar-refractivity contribution in [1.82, 2.24) is 19.7 Å². The van der Waals surface area contributed by atoms with Crippen LogP contribution >= 0.6 is 0 Å². The number of nitrogens with one attached hydrogen (secondary N) is 1. The molecule has 0 saturated carbocycles. The molecule has 2 aromatic heterocycles. The Morgan fingerprint density at radius 2 is 1.92 bits per heavy atom. The summed E-state index contributed by atoms with van der Waals surface area (Å²) in [6.45, 7) is 9.87. The van der Waals surface area contributed by atoms with Gasteiger partial charge >= 0.3 is 11.8 Å². The molecule has 0 spiro atoms. The fourth-order valence-corrected chi connectivity index (χ4v) is 5.59. The van der Waals surface area contributed by atoms with Gasteiger partial charge < -0.3 is 25.4 Å². The van der Waals surface area contributed by atoms with Crippen LogP contribution in [0, 0.1) is 11.7 Å². The number of hydrogen-bond donors (Lipinski definition) is 2. The zero-order chi connectivity index (χ0) is 28.3. The third-order valence-corrected chi connectivity index (χ3v) is 8.83. The minimum atomic E-state index is -1.26. The molecule has 0 unspecified atom stereocenters. The van der Waals surface area contributed by atoms with E-state index in [2.05, 4.69) is 35.0 Å². The van der Waals surface area contributed by atoms with Crippen molar-refractivity contribution in [2.75, 3.05) is 31.3 Å². The molecule has 3 atom stereocenters. The van der Waals surface area contributed by atoms with Crippen LogP contribution in [0.5, 0.6) is 0 Å². The molecule has 3 aromatic rings. The summed E-state index contributed by atoms with van der Waals surface area (Å²) in [5.74, 6) is -1.63. The molecule has 10 nitrogen and oxygen atoms in total. The number of rotatable bonds is 8. The van der Waals surface area contributed by atoms with Crippen molar-refractivity contribution < 1.29 is 23.5 Å². The molecule has 12 heteroatoms. The van der Waals surface area contributed by atoms with E-state index in [1.807, 2.05) is 6.92 Å². The lowest BCUT2D eigenvalue weighted by Crippen LogP contribution is -2.50. The maximum absolute atomic E-state index is 13.6. The van der Waals surface area contributed by atoms with Crippen LogP contribution < -0.4 is 11.1 Å². The summed E-state index contributed by atoms with van der Waals surface area (Å²) < 4.78 is 26.7. The van der Waals surface area contributed by atoms with Crippen molar-refractivity contribution in [2.45, 2.75) is 57.9 Å². The Bertz CT molecular complexity index is 1330. The van der Waals surface area contributed by atoms with Crippen LogP contribution in [0.2, 0.25) is 25.7 Å². The number of aromatic nitrogens is 3. The summed E-state index contributed by atoms with van der Waals surface area (Å²) in [5.41, 5.74) is 7.63. The maximum Gasteiger partial charge on any atom is 0.314 e. The largest absolute Gasteiger partial charge is 0.383 e. The third kappa shape index (κ3) is 6.63. The molecule has 1 aliphatic heterocycles. The number of likely N-dealkylation sites (tertiary alicyclic amines) is 1. The van der Waals surface area contributed by atoms with E-state index in [4.69, 9.17) is 15.2 Å². The molecule has 3 N–H and O–H groups in total. The lowest BCUT2D eigenvalue weighted by atomic mass is 9.87. The number of methoxy groups -OCH3 is 1. The normalized spacial score (nSPS) is 19.8. The number of fused-ring (bicyclic) bond motifs is 1. The predicted molar refractivity (Wildman–Crippen MR) is 150 cm³/mol. The first kappa shape index (κ1) is 28.6. The minimum absolute atomic E-state index is 0.00286. The molecule has 1 saturated heterocycles. The number of ether oxygens (including phenoxy) is 2. The van der Waals surface area contributed by atoms with Gasteiger partial charge in [-0.3, -0.25) is 9.59 Å². The van der Waals surface area contributed by atoms with Gasteiger partial charge in [0.05, 0.1) is 41.1 Å². The van der Waals surface area contributed by atoms with Gasteiger partial charge in [0.15, 0.2) is 0 Å². The molecule has 3 heterocycles. The van der Waals surface area contributed by atoms with E-state index in [-0.39, 0.29) is 30.4 Å². The van der Waals surface area contributed by atoms with Gasteiger partial charge in [-0.1, -0.05) is 38.7 Å². The SMILES string of the molecule is CO[C@@H]1C[C@@H](c2ccc(F)cc2)N(C(=O)C(=O)Nc2cnc(N)c3cnn(COCC[Si](C)(C)C)c23)C[C@@H]1C. The number of halogens is 1. The highest BCUT2D eigenvalue weighted by atomic mass is 28.3. The predicted octanol–water partition coefficient (Wildman–Crippen LogP) is 4.03. The highest BCUT2D eigenvalue weighted by Gasteiger charge is 2.39. The van der Waals surface area contributed by atoms with Crippen LogP contribution in [0.15, 0.2) is 36.7 Å². The molecule has 1 aromatic carbocycles. The van der Waals surface area contributed by atoms with Crippen LogP contribution in [0.1, 0.15) is 24.9 Å². The van der Waals surface area contributed by atoms with Crippen molar-refractivity contribution in [2.24, 2.45) is 5.92 Å². The summed E-state index contributed by atoms with van der Waals surface area (Å²) in [6.07, 6.45) is 3.36. The van der Waals surface area contributed by atoms with Gasteiger partial charge in [-0.2, -0.15) is 5.10 Å². The smallest absolute Gasteiger partial charge is 0.314 e. The Morgan fingerprint density at radius 3 is 2.59 bits per heavy atom. The number of nitrogens with two attached hydrogens (primary N) is 1. The first-order valence-electron chi connectivity index (χ1n) is 13.1. The van der Waals surface area contributed by atoms with Crippen LogP contribution in [0.4, 0.5) is 15.9 Å². The second-order valence-electron chi connectivity index (χ2n) is 11.3. The van der Waals surface area contributed by atoms with Crippen LogP contribution in [0.25, 0.3) is 10.9 Å². The highest BCUT2D eigenvalue weighted by molar-refractivity contribution is 6.76. The van der Waals surface area contributed by atoms with Crippen molar-refractivity contribution in [3.8, 4) is 0 Å². The number of pyridine rings is 1. The quantitative estimate of drug-likeness (QED) is 0.244. The summed E-state index contributed by atoms with van der Waals surface area (Å²) in [4.78, 5) is 32.6. The number of piperidine rings is 1. The number of carbonyl (C=O) groups excluding carboxylic acids is 2. The lowest BCUT2D eigenvalue weighted by molar-refractivity contribution is -0.149. The second-order valence-corrected chi connectivity index (χ2v) is 16.9. The van der Waals surface area contributed by atoms with Gasteiger partial charge in [0.25, 0.3) is 0 Å². The van der Waals surface area contributed by atoms with Crippen LogP contribution in [-0.2, 0) is 25.8 Å². The Labute approximate surface area is 228 Å². The molecule has 210 valence electrons. The Balaban J connectivity index is 1.56. The average Bonchev–Trinajstić information content (AvgIpc) is 3.33. The minimum Gasteiger partial charge on any atom is -0.383 e. The molecule has 0 aliphatic carbocycles. The van der Waals surface area contributed by atoms with Gasteiger partial charge in [0, 0.05) is 34.3 Å². The zero-order valence-electron chi connectivity index (χ0n) is 23.1. The topological polar surface area (TPSA) is 125 Å².